The topological polar surface area (TPSA) is 74.0 Å². The minimum absolute atomic E-state index is 0.0776. The molecule has 0 aliphatic rings. The van der Waals surface area contributed by atoms with Crippen molar-refractivity contribution in [1.29, 1.82) is 5.26 Å². The van der Waals surface area contributed by atoms with Gasteiger partial charge in [0, 0.05) is 17.1 Å². The van der Waals surface area contributed by atoms with Gasteiger partial charge in [0.2, 0.25) is 0 Å². The van der Waals surface area contributed by atoms with Crippen LogP contribution in [-0.4, -0.2) is 16.1 Å². The molecular formula is C9H5BrF2N2O2. The quantitative estimate of drug-likeness (QED) is 0.868. The summed E-state index contributed by atoms with van der Waals surface area (Å²) in [5.41, 5.74) is -1.70. The molecule has 1 aromatic heterocycles. The summed E-state index contributed by atoms with van der Waals surface area (Å²) in [5, 5.41) is 17.5. The summed E-state index contributed by atoms with van der Waals surface area (Å²) in [6.07, 6.45) is -1.89. The molecule has 1 N–H and O–H groups in total. The van der Waals surface area contributed by atoms with Gasteiger partial charge < -0.3 is 5.11 Å². The smallest absolute Gasteiger partial charge is 0.355 e. The predicted molar refractivity (Wildman–Crippen MR) is 53.5 cm³/mol. The lowest BCUT2D eigenvalue weighted by molar-refractivity contribution is 0.0689. The lowest BCUT2D eigenvalue weighted by Crippen LogP contribution is -2.09. The number of nitriles is 1. The van der Waals surface area contributed by atoms with Gasteiger partial charge in [0.25, 0.3) is 6.43 Å². The van der Waals surface area contributed by atoms with E-state index in [1.54, 1.807) is 0 Å². The first-order valence-electron chi connectivity index (χ1n) is 4.02. The maximum atomic E-state index is 12.7. The molecule has 7 heteroatoms. The zero-order valence-electron chi connectivity index (χ0n) is 7.75. The van der Waals surface area contributed by atoms with E-state index < -0.39 is 29.2 Å². The Hall–Kier alpha value is -1.55. The second-order valence-corrected chi connectivity index (χ2v) is 3.33. The lowest BCUT2D eigenvalue weighted by Gasteiger charge is -2.09. The molecule has 0 aliphatic heterocycles. The van der Waals surface area contributed by atoms with Crippen molar-refractivity contribution in [3.05, 3.63) is 28.6 Å². The Kier molecular flexibility index (Phi) is 3.90. The second-order valence-electron chi connectivity index (χ2n) is 2.77. The highest BCUT2D eigenvalue weighted by Gasteiger charge is 2.24. The van der Waals surface area contributed by atoms with Crippen LogP contribution in [0.1, 0.15) is 33.6 Å². The van der Waals surface area contributed by atoms with E-state index in [1.165, 1.54) is 6.07 Å². The first-order valence-corrected chi connectivity index (χ1v) is 5.14. The number of aromatic carboxylic acids is 1. The van der Waals surface area contributed by atoms with Gasteiger partial charge >= 0.3 is 5.97 Å². The molecule has 16 heavy (non-hydrogen) atoms. The first kappa shape index (κ1) is 12.5. The van der Waals surface area contributed by atoms with Crippen molar-refractivity contribution in [2.75, 3.05) is 0 Å². The molecule has 0 amide bonds. The summed E-state index contributed by atoms with van der Waals surface area (Å²) in [7, 11) is 0. The maximum Gasteiger partial charge on any atom is 0.355 e. The van der Waals surface area contributed by atoms with E-state index in [9.17, 15) is 13.6 Å². The number of hydrogen-bond acceptors (Lipinski definition) is 3. The average molecular weight is 291 g/mol. The van der Waals surface area contributed by atoms with E-state index in [1.807, 2.05) is 0 Å². The Morgan fingerprint density at radius 1 is 1.69 bits per heavy atom. The van der Waals surface area contributed by atoms with Crippen LogP contribution in [0, 0.1) is 11.3 Å². The molecule has 84 valence electrons. The summed E-state index contributed by atoms with van der Waals surface area (Å²) in [5.74, 6) is -1.50. The third-order valence-corrected chi connectivity index (χ3v) is 2.48. The van der Waals surface area contributed by atoms with E-state index >= 15 is 0 Å². The van der Waals surface area contributed by atoms with E-state index in [4.69, 9.17) is 10.4 Å². The second kappa shape index (κ2) is 4.99. The molecule has 4 nitrogen and oxygen atoms in total. The molecule has 1 aromatic rings. The molecule has 0 saturated heterocycles. The fourth-order valence-corrected chi connectivity index (χ4v) is 1.64. The van der Waals surface area contributed by atoms with Gasteiger partial charge in [-0.3, -0.25) is 0 Å². The summed E-state index contributed by atoms with van der Waals surface area (Å²) in [6.45, 7) is 0. The van der Waals surface area contributed by atoms with Crippen LogP contribution in [0.4, 0.5) is 8.78 Å². The number of aromatic nitrogens is 1. The first-order chi connectivity index (χ1) is 7.52. The summed E-state index contributed by atoms with van der Waals surface area (Å²) >= 11 is 2.97. The number of alkyl halides is 3. The number of carbonyl (C=O) groups is 1. The number of halogens is 3. The van der Waals surface area contributed by atoms with Crippen molar-refractivity contribution in [1.82, 2.24) is 4.98 Å². The standard InChI is InChI=1S/C9H5BrF2N2O2/c10-1-4-3-14-7(9(15)16)5(2-13)6(4)8(11)12/h3,8H,1H2,(H,15,16). The van der Waals surface area contributed by atoms with Crippen molar-refractivity contribution in [2.24, 2.45) is 0 Å². The number of nitrogens with zero attached hydrogens (tertiary/aromatic N) is 2. The van der Waals surface area contributed by atoms with Gasteiger partial charge in [-0.1, -0.05) is 15.9 Å². The van der Waals surface area contributed by atoms with Crippen LogP contribution in [0.15, 0.2) is 6.20 Å². The molecule has 0 aliphatic carbocycles. The zero-order chi connectivity index (χ0) is 12.3. The number of hydrogen-bond donors (Lipinski definition) is 1. The summed E-state index contributed by atoms with van der Waals surface area (Å²) in [6, 6.07) is 1.46. The average Bonchev–Trinajstić information content (AvgIpc) is 2.26. The third kappa shape index (κ3) is 2.17. The lowest BCUT2D eigenvalue weighted by atomic mass is 10.0. The summed E-state index contributed by atoms with van der Waals surface area (Å²) in [4.78, 5) is 14.2. The van der Waals surface area contributed by atoms with Gasteiger partial charge in [0.05, 0.1) is 5.56 Å². The maximum absolute atomic E-state index is 12.7. The SMILES string of the molecule is N#Cc1c(C(=O)O)ncc(CBr)c1C(F)F. The Bertz CT molecular complexity index is 471. The van der Waals surface area contributed by atoms with Crippen LogP contribution >= 0.6 is 15.9 Å². The van der Waals surface area contributed by atoms with E-state index in [2.05, 4.69) is 20.9 Å². The molecule has 0 aromatic carbocycles. The van der Waals surface area contributed by atoms with Gasteiger partial charge in [0.1, 0.15) is 6.07 Å². The third-order valence-electron chi connectivity index (χ3n) is 1.88. The highest BCUT2D eigenvalue weighted by atomic mass is 79.9. The zero-order valence-corrected chi connectivity index (χ0v) is 9.33. The van der Waals surface area contributed by atoms with E-state index in [0.717, 1.165) is 6.20 Å². The largest absolute Gasteiger partial charge is 0.476 e. The molecule has 0 atom stereocenters. The minimum atomic E-state index is -2.91. The summed E-state index contributed by atoms with van der Waals surface area (Å²) < 4.78 is 25.4. The fourth-order valence-electron chi connectivity index (χ4n) is 1.20. The molecule has 0 spiro atoms. The molecule has 1 rings (SSSR count). The van der Waals surface area contributed by atoms with Crippen LogP contribution in [0.5, 0.6) is 0 Å². The number of rotatable bonds is 3. The van der Waals surface area contributed by atoms with Crippen molar-refractivity contribution in [3.8, 4) is 6.07 Å². The fraction of sp³-hybridized carbons (Fsp3) is 0.222. The Morgan fingerprint density at radius 2 is 2.31 bits per heavy atom. The molecule has 0 bridgehead atoms. The van der Waals surface area contributed by atoms with Gasteiger partial charge in [0.15, 0.2) is 5.69 Å². The van der Waals surface area contributed by atoms with Crippen molar-refractivity contribution in [2.45, 2.75) is 11.8 Å². The number of pyridine rings is 1. The van der Waals surface area contributed by atoms with E-state index in [0.29, 0.717) is 0 Å². The highest BCUT2D eigenvalue weighted by Crippen LogP contribution is 2.29. The number of carboxylic acids is 1. The van der Waals surface area contributed by atoms with Crippen LogP contribution in [0.25, 0.3) is 0 Å². The predicted octanol–water partition coefficient (Wildman–Crippen LogP) is 2.48. The van der Waals surface area contributed by atoms with Crippen molar-refractivity contribution >= 4 is 21.9 Å². The van der Waals surface area contributed by atoms with Crippen LogP contribution < -0.4 is 0 Å². The molecule has 0 unspecified atom stereocenters. The molecule has 0 saturated carbocycles. The van der Waals surface area contributed by atoms with Gasteiger partial charge in [-0.2, -0.15) is 5.26 Å². The molecule has 0 radical (unpaired) electrons. The molecule has 0 fully saturated rings. The van der Waals surface area contributed by atoms with Gasteiger partial charge in [-0.15, -0.1) is 0 Å². The highest BCUT2D eigenvalue weighted by molar-refractivity contribution is 9.08. The monoisotopic (exact) mass is 290 g/mol. The van der Waals surface area contributed by atoms with Crippen LogP contribution in [0.2, 0.25) is 0 Å². The van der Waals surface area contributed by atoms with Crippen LogP contribution in [-0.2, 0) is 5.33 Å². The molecular weight excluding hydrogens is 286 g/mol. The van der Waals surface area contributed by atoms with Gasteiger partial charge in [-0.25, -0.2) is 18.6 Å². The van der Waals surface area contributed by atoms with Crippen molar-refractivity contribution in [3.63, 3.8) is 0 Å². The Morgan fingerprint density at radius 3 is 2.69 bits per heavy atom. The normalized spacial score (nSPS) is 10.2. The Labute approximate surface area is 97.7 Å². The number of carboxylic acid groups (broad SMARTS) is 1. The van der Waals surface area contributed by atoms with E-state index in [-0.39, 0.29) is 10.9 Å². The van der Waals surface area contributed by atoms with Crippen molar-refractivity contribution < 1.29 is 18.7 Å². The van der Waals surface area contributed by atoms with Crippen LogP contribution in [0.3, 0.4) is 0 Å². The van der Waals surface area contributed by atoms with Gasteiger partial charge in [-0.05, 0) is 5.56 Å². The Balaban J connectivity index is 3.58. The molecule has 1 heterocycles. The minimum Gasteiger partial charge on any atom is -0.476 e.